The van der Waals surface area contributed by atoms with Gasteiger partial charge in [0, 0.05) is 12.2 Å². The number of nitrogens with two attached hydrogens (primary N) is 1. The Morgan fingerprint density at radius 3 is 2.39 bits per heavy atom. The van der Waals surface area contributed by atoms with Gasteiger partial charge in [0.25, 0.3) is 0 Å². The van der Waals surface area contributed by atoms with Crippen molar-refractivity contribution in [1.82, 2.24) is 5.32 Å². The predicted octanol–water partition coefficient (Wildman–Crippen LogP) is 2.10. The van der Waals surface area contributed by atoms with Crippen LogP contribution in [0.25, 0.3) is 0 Å². The van der Waals surface area contributed by atoms with E-state index in [-0.39, 0.29) is 17.3 Å². The minimum absolute atomic E-state index is 0.0430. The molecule has 0 heterocycles. The summed E-state index contributed by atoms with van der Waals surface area (Å²) in [6.45, 7) is 1.82. The molecule has 0 aliphatic rings. The maximum Gasteiger partial charge on any atom is 0.319 e. The van der Waals surface area contributed by atoms with Crippen LogP contribution >= 0.6 is 0 Å². The van der Waals surface area contributed by atoms with Gasteiger partial charge in [-0.15, -0.1) is 0 Å². The molecule has 2 amide bonds. The lowest BCUT2D eigenvalue weighted by molar-refractivity contribution is 0.251. The normalized spacial score (nSPS) is 11.1. The Hall–Kier alpha value is -2.45. The Labute approximate surface area is 133 Å². The quantitative estimate of drug-likeness (QED) is 0.796. The van der Waals surface area contributed by atoms with Crippen LogP contribution in [0.3, 0.4) is 0 Å². The van der Waals surface area contributed by atoms with Crippen LogP contribution in [-0.2, 0) is 16.6 Å². The number of rotatable bonds is 4. The summed E-state index contributed by atoms with van der Waals surface area (Å²) >= 11 is 0. The van der Waals surface area contributed by atoms with Crippen molar-refractivity contribution >= 4 is 21.7 Å². The number of urea groups is 1. The molecule has 0 radical (unpaired) electrons. The number of nitrogens with one attached hydrogen (secondary N) is 2. The average molecular weight is 337 g/mol. The number of hydrogen-bond acceptors (Lipinski definition) is 3. The number of aryl methyl sites for hydroxylation is 1. The number of amides is 2. The average Bonchev–Trinajstić information content (AvgIpc) is 2.48. The largest absolute Gasteiger partial charge is 0.334 e. The molecule has 8 heteroatoms. The smallest absolute Gasteiger partial charge is 0.319 e. The van der Waals surface area contributed by atoms with Crippen LogP contribution in [0.1, 0.15) is 11.1 Å². The first-order valence-corrected chi connectivity index (χ1v) is 8.23. The van der Waals surface area contributed by atoms with Crippen molar-refractivity contribution in [3.8, 4) is 0 Å². The van der Waals surface area contributed by atoms with Crippen LogP contribution < -0.4 is 15.8 Å². The van der Waals surface area contributed by atoms with E-state index in [9.17, 15) is 17.6 Å². The number of hydrogen-bond donors (Lipinski definition) is 3. The molecule has 122 valence electrons. The first kappa shape index (κ1) is 16.9. The van der Waals surface area contributed by atoms with E-state index in [1.165, 1.54) is 30.3 Å². The Morgan fingerprint density at radius 2 is 1.83 bits per heavy atom. The molecule has 0 atom stereocenters. The van der Waals surface area contributed by atoms with Gasteiger partial charge in [0.2, 0.25) is 10.0 Å². The molecule has 0 aliphatic heterocycles. The minimum Gasteiger partial charge on any atom is -0.334 e. The van der Waals surface area contributed by atoms with Crippen molar-refractivity contribution in [1.29, 1.82) is 0 Å². The number of sulfonamides is 1. The number of benzene rings is 2. The van der Waals surface area contributed by atoms with Gasteiger partial charge in [-0.3, -0.25) is 0 Å². The van der Waals surface area contributed by atoms with Crippen LogP contribution in [0.2, 0.25) is 0 Å². The van der Waals surface area contributed by atoms with Crippen molar-refractivity contribution in [2.24, 2.45) is 5.14 Å². The van der Waals surface area contributed by atoms with Gasteiger partial charge < -0.3 is 10.6 Å². The molecular weight excluding hydrogens is 321 g/mol. The number of carbonyl (C=O) groups is 1. The summed E-state index contributed by atoms with van der Waals surface area (Å²) in [5.41, 5.74) is 1.57. The fraction of sp³-hybridized carbons (Fsp3) is 0.133. The predicted molar refractivity (Wildman–Crippen MR) is 84.8 cm³/mol. The lowest BCUT2D eigenvalue weighted by Gasteiger charge is -2.09. The third-order valence-corrected chi connectivity index (χ3v) is 4.06. The number of primary sulfonamides is 1. The van der Waals surface area contributed by atoms with E-state index < -0.39 is 16.1 Å². The molecule has 0 saturated heterocycles. The first-order valence-electron chi connectivity index (χ1n) is 6.68. The van der Waals surface area contributed by atoms with Crippen LogP contribution in [0.4, 0.5) is 14.9 Å². The zero-order valence-corrected chi connectivity index (χ0v) is 13.2. The lowest BCUT2D eigenvalue weighted by atomic mass is 10.1. The second kappa shape index (κ2) is 6.76. The summed E-state index contributed by atoms with van der Waals surface area (Å²) in [6, 6.07) is 9.65. The SMILES string of the molecule is Cc1ccc(CNC(=O)Nc2ccc(S(N)(=O)=O)cc2)cc1F. The van der Waals surface area contributed by atoms with E-state index in [1.807, 2.05) is 0 Å². The molecule has 0 bridgehead atoms. The topological polar surface area (TPSA) is 101 Å². The molecule has 23 heavy (non-hydrogen) atoms. The van der Waals surface area contributed by atoms with Crippen molar-refractivity contribution in [3.05, 3.63) is 59.4 Å². The monoisotopic (exact) mass is 337 g/mol. The summed E-state index contributed by atoms with van der Waals surface area (Å²) in [7, 11) is -3.77. The molecule has 2 aromatic carbocycles. The van der Waals surface area contributed by atoms with Crippen LogP contribution in [0, 0.1) is 12.7 Å². The Balaban J connectivity index is 1.93. The zero-order chi connectivity index (χ0) is 17.0. The molecular formula is C15H16FN3O3S. The van der Waals surface area contributed by atoms with Crippen molar-refractivity contribution in [3.63, 3.8) is 0 Å². The molecule has 6 nitrogen and oxygen atoms in total. The van der Waals surface area contributed by atoms with Crippen LogP contribution in [-0.4, -0.2) is 14.4 Å². The second-order valence-corrected chi connectivity index (χ2v) is 6.52. The van der Waals surface area contributed by atoms with E-state index in [1.54, 1.807) is 19.1 Å². The lowest BCUT2D eigenvalue weighted by Crippen LogP contribution is -2.28. The third kappa shape index (κ3) is 4.76. The van der Waals surface area contributed by atoms with Crippen LogP contribution in [0.15, 0.2) is 47.4 Å². The molecule has 0 spiro atoms. The standard InChI is InChI=1S/C15H16FN3O3S/c1-10-2-3-11(8-14(10)16)9-18-15(20)19-12-4-6-13(7-5-12)23(17,21)22/h2-8H,9H2,1H3,(H2,17,21,22)(H2,18,19,20). The highest BCUT2D eigenvalue weighted by Gasteiger charge is 2.08. The van der Waals surface area contributed by atoms with E-state index in [4.69, 9.17) is 5.14 Å². The Morgan fingerprint density at radius 1 is 1.17 bits per heavy atom. The van der Waals surface area contributed by atoms with Gasteiger partial charge in [-0.05, 0) is 48.4 Å². The summed E-state index contributed by atoms with van der Waals surface area (Å²) in [4.78, 5) is 11.7. The molecule has 0 aliphatic carbocycles. The maximum atomic E-state index is 13.4. The minimum atomic E-state index is -3.77. The fourth-order valence-corrected chi connectivity index (χ4v) is 2.35. The van der Waals surface area contributed by atoms with Gasteiger partial charge in [-0.1, -0.05) is 12.1 Å². The first-order chi connectivity index (χ1) is 10.8. The highest BCUT2D eigenvalue weighted by Crippen LogP contribution is 2.13. The number of anilines is 1. The highest BCUT2D eigenvalue weighted by atomic mass is 32.2. The molecule has 0 saturated carbocycles. The third-order valence-electron chi connectivity index (χ3n) is 3.13. The van der Waals surface area contributed by atoms with Gasteiger partial charge in [0.1, 0.15) is 5.82 Å². The molecule has 0 aromatic heterocycles. The van der Waals surface area contributed by atoms with E-state index >= 15 is 0 Å². The zero-order valence-electron chi connectivity index (χ0n) is 12.3. The van der Waals surface area contributed by atoms with Crippen molar-refractivity contribution in [2.75, 3.05) is 5.32 Å². The van der Waals surface area contributed by atoms with Gasteiger partial charge in [-0.25, -0.2) is 22.7 Å². The fourth-order valence-electron chi connectivity index (χ4n) is 1.83. The number of carbonyl (C=O) groups excluding carboxylic acids is 1. The molecule has 2 aromatic rings. The summed E-state index contributed by atoms with van der Waals surface area (Å²) in [5.74, 6) is -0.330. The second-order valence-electron chi connectivity index (χ2n) is 4.96. The highest BCUT2D eigenvalue weighted by molar-refractivity contribution is 7.89. The van der Waals surface area contributed by atoms with E-state index in [2.05, 4.69) is 10.6 Å². The Kier molecular flexibility index (Phi) is 4.97. The van der Waals surface area contributed by atoms with Crippen molar-refractivity contribution in [2.45, 2.75) is 18.4 Å². The summed E-state index contributed by atoms with van der Waals surface area (Å²) < 4.78 is 35.6. The number of halogens is 1. The molecule has 2 rings (SSSR count). The van der Waals surface area contributed by atoms with Crippen LogP contribution in [0.5, 0.6) is 0 Å². The van der Waals surface area contributed by atoms with Gasteiger partial charge in [0.05, 0.1) is 4.90 Å². The molecule has 4 N–H and O–H groups in total. The summed E-state index contributed by atoms with van der Waals surface area (Å²) in [6.07, 6.45) is 0. The van der Waals surface area contributed by atoms with E-state index in [0.717, 1.165) is 0 Å². The van der Waals surface area contributed by atoms with Gasteiger partial charge >= 0.3 is 6.03 Å². The molecule has 0 unspecified atom stereocenters. The van der Waals surface area contributed by atoms with E-state index in [0.29, 0.717) is 16.8 Å². The summed E-state index contributed by atoms with van der Waals surface area (Å²) in [5, 5.41) is 10.1. The van der Waals surface area contributed by atoms with Crippen molar-refractivity contribution < 1.29 is 17.6 Å². The Bertz CT molecular complexity index is 820. The van der Waals surface area contributed by atoms with Gasteiger partial charge in [-0.2, -0.15) is 0 Å². The molecule has 0 fully saturated rings. The maximum absolute atomic E-state index is 13.4. The van der Waals surface area contributed by atoms with Gasteiger partial charge in [0.15, 0.2) is 0 Å².